The first-order chi connectivity index (χ1) is 8.07. The van der Waals surface area contributed by atoms with Crippen molar-refractivity contribution in [2.45, 2.75) is 6.42 Å². The number of carbonyl (C=O) groups is 1. The molecular formula is C11H10N2O4. The summed E-state index contributed by atoms with van der Waals surface area (Å²) in [5, 5.41) is 22.5. The molecule has 0 saturated carbocycles. The van der Waals surface area contributed by atoms with E-state index in [1.54, 1.807) is 0 Å². The Hall–Kier alpha value is -2.55. The number of hydrogen-bond donors (Lipinski definition) is 2. The number of phenolic OH excluding ortho intramolecular Hbond substituents is 1. The van der Waals surface area contributed by atoms with Crippen molar-refractivity contribution in [3.63, 3.8) is 0 Å². The third kappa shape index (κ3) is 2.95. The van der Waals surface area contributed by atoms with Gasteiger partial charge in [-0.15, -0.1) is 12.3 Å². The maximum absolute atomic E-state index is 11.6. The lowest BCUT2D eigenvalue weighted by Gasteiger charge is -2.05. The van der Waals surface area contributed by atoms with Gasteiger partial charge in [-0.3, -0.25) is 14.9 Å². The highest BCUT2D eigenvalue weighted by Gasteiger charge is 2.20. The predicted molar refractivity (Wildman–Crippen MR) is 60.5 cm³/mol. The van der Waals surface area contributed by atoms with Crippen LogP contribution >= 0.6 is 0 Å². The summed E-state index contributed by atoms with van der Waals surface area (Å²) < 4.78 is 0. The Balaban J connectivity index is 2.92. The van der Waals surface area contributed by atoms with E-state index in [4.69, 9.17) is 6.42 Å². The van der Waals surface area contributed by atoms with Crippen LogP contribution in [0.4, 0.5) is 5.69 Å². The van der Waals surface area contributed by atoms with Crippen LogP contribution in [-0.2, 0) is 0 Å². The van der Waals surface area contributed by atoms with Gasteiger partial charge in [0.2, 0.25) is 5.75 Å². The zero-order valence-electron chi connectivity index (χ0n) is 8.84. The summed E-state index contributed by atoms with van der Waals surface area (Å²) in [4.78, 5) is 21.3. The first-order valence-corrected chi connectivity index (χ1v) is 4.76. The van der Waals surface area contributed by atoms with Crippen LogP contribution < -0.4 is 5.32 Å². The Labute approximate surface area is 97.4 Å². The third-order valence-electron chi connectivity index (χ3n) is 2.01. The first kappa shape index (κ1) is 12.5. The number of nitrogens with zero attached hydrogens (tertiary/aromatic N) is 1. The van der Waals surface area contributed by atoms with Crippen molar-refractivity contribution >= 4 is 11.6 Å². The Morgan fingerprint density at radius 1 is 1.59 bits per heavy atom. The molecule has 1 aromatic carbocycles. The largest absolute Gasteiger partial charge is 0.502 e. The van der Waals surface area contributed by atoms with Gasteiger partial charge in [-0.05, 0) is 6.07 Å². The lowest BCUT2D eigenvalue weighted by atomic mass is 10.1. The summed E-state index contributed by atoms with van der Waals surface area (Å²) in [7, 11) is 0. The van der Waals surface area contributed by atoms with E-state index in [1.807, 2.05) is 0 Å². The van der Waals surface area contributed by atoms with Crippen molar-refractivity contribution < 1.29 is 14.8 Å². The summed E-state index contributed by atoms with van der Waals surface area (Å²) in [5.74, 6) is 1.09. The number of amides is 1. The monoisotopic (exact) mass is 234 g/mol. The number of para-hydroxylation sites is 1. The zero-order chi connectivity index (χ0) is 12.8. The topological polar surface area (TPSA) is 92.5 Å². The molecule has 0 saturated heterocycles. The van der Waals surface area contributed by atoms with Crippen LogP contribution in [0, 0.1) is 22.5 Å². The maximum atomic E-state index is 11.6. The molecule has 0 unspecified atom stereocenters. The Morgan fingerprint density at radius 3 is 2.88 bits per heavy atom. The number of rotatable bonds is 4. The molecule has 17 heavy (non-hydrogen) atoms. The van der Waals surface area contributed by atoms with Crippen molar-refractivity contribution in [1.29, 1.82) is 0 Å². The van der Waals surface area contributed by atoms with Crippen LogP contribution in [0.25, 0.3) is 0 Å². The average molecular weight is 234 g/mol. The molecule has 0 heterocycles. The molecule has 0 aliphatic carbocycles. The number of benzene rings is 1. The Morgan fingerprint density at radius 2 is 2.29 bits per heavy atom. The number of nitro groups is 1. The summed E-state index contributed by atoms with van der Waals surface area (Å²) in [5.41, 5.74) is -0.647. The van der Waals surface area contributed by atoms with E-state index in [0.29, 0.717) is 6.42 Å². The Kier molecular flexibility index (Phi) is 4.06. The number of hydrogen-bond acceptors (Lipinski definition) is 4. The molecule has 0 bridgehead atoms. The van der Waals surface area contributed by atoms with Gasteiger partial charge in [-0.25, -0.2) is 0 Å². The normalized spacial score (nSPS) is 9.35. The molecular weight excluding hydrogens is 224 g/mol. The molecule has 2 N–H and O–H groups in total. The van der Waals surface area contributed by atoms with Crippen molar-refractivity contribution in [2.75, 3.05) is 6.54 Å². The molecule has 0 aliphatic rings. The number of aromatic hydroxyl groups is 1. The van der Waals surface area contributed by atoms with Crippen LogP contribution in [-0.4, -0.2) is 22.5 Å². The highest BCUT2D eigenvalue weighted by molar-refractivity contribution is 5.98. The van der Waals surface area contributed by atoms with Gasteiger partial charge in [0.1, 0.15) is 0 Å². The van der Waals surface area contributed by atoms with Crippen LogP contribution in [0.3, 0.4) is 0 Å². The number of phenols is 1. The molecule has 1 aromatic rings. The molecule has 1 rings (SSSR count). The van der Waals surface area contributed by atoms with E-state index in [-0.39, 0.29) is 12.1 Å². The van der Waals surface area contributed by atoms with Gasteiger partial charge in [0.25, 0.3) is 5.91 Å². The van der Waals surface area contributed by atoms with Gasteiger partial charge < -0.3 is 10.4 Å². The van der Waals surface area contributed by atoms with E-state index in [1.165, 1.54) is 12.1 Å². The summed E-state index contributed by atoms with van der Waals surface area (Å²) >= 11 is 0. The summed E-state index contributed by atoms with van der Waals surface area (Å²) in [6.45, 7) is 0.247. The molecule has 6 nitrogen and oxygen atoms in total. The Bertz CT molecular complexity index is 491. The fourth-order valence-electron chi connectivity index (χ4n) is 1.21. The predicted octanol–water partition coefficient (Wildman–Crippen LogP) is 1.05. The fourth-order valence-corrected chi connectivity index (χ4v) is 1.21. The van der Waals surface area contributed by atoms with Gasteiger partial charge in [0, 0.05) is 19.0 Å². The quantitative estimate of drug-likeness (QED) is 0.352. The van der Waals surface area contributed by atoms with E-state index in [0.717, 1.165) is 6.07 Å². The van der Waals surface area contributed by atoms with Crippen molar-refractivity contribution in [3.05, 3.63) is 33.9 Å². The van der Waals surface area contributed by atoms with E-state index >= 15 is 0 Å². The van der Waals surface area contributed by atoms with Gasteiger partial charge in [0.15, 0.2) is 0 Å². The molecule has 0 spiro atoms. The minimum Gasteiger partial charge on any atom is -0.502 e. The standard InChI is InChI=1S/C11H10N2O4/c1-2-3-7-12-11(15)8-5-4-6-9(10(8)14)13(16)17/h1,4-6,14H,3,7H2,(H,12,15). The minimum absolute atomic E-state index is 0.142. The molecule has 0 radical (unpaired) electrons. The van der Waals surface area contributed by atoms with Gasteiger partial charge in [0.05, 0.1) is 10.5 Å². The number of terminal acetylenes is 1. The lowest BCUT2D eigenvalue weighted by molar-refractivity contribution is -0.385. The molecule has 88 valence electrons. The van der Waals surface area contributed by atoms with E-state index < -0.39 is 22.3 Å². The molecule has 6 heteroatoms. The lowest BCUT2D eigenvalue weighted by Crippen LogP contribution is -2.24. The maximum Gasteiger partial charge on any atom is 0.311 e. The van der Waals surface area contributed by atoms with Crippen LogP contribution in [0.5, 0.6) is 5.75 Å². The van der Waals surface area contributed by atoms with Gasteiger partial charge in [-0.2, -0.15) is 0 Å². The van der Waals surface area contributed by atoms with E-state index in [2.05, 4.69) is 11.2 Å². The molecule has 0 fully saturated rings. The second-order valence-electron chi connectivity index (χ2n) is 3.14. The number of carbonyl (C=O) groups excluding carboxylic acids is 1. The summed E-state index contributed by atoms with van der Waals surface area (Å²) in [6, 6.07) is 3.75. The fraction of sp³-hybridized carbons (Fsp3) is 0.182. The van der Waals surface area contributed by atoms with Crippen molar-refractivity contribution in [2.24, 2.45) is 0 Å². The summed E-state index contributed by atoms with van der Waals surface area (Å²) in [6.07, 6.45) is 5.36. The van der Waals surface area contributed by atoms with Crippen molar-refractivity contribution in [1.82, 2.24) is 5.32 Å². The second-order valence-corrected chi connectivity index (χ2v) is 3.14. The highest BCUT2D eigenvalue weighted by Crippen LogP contribution is 2.28. The average Bonchev–Trinajstić information content (AvgIpc) is 2.29. The minimum atomic E-state index is -0.756. The first-order valence-electron chi connectivity index (χ1n) is 4.76. The molecule has 0 atom stereocenters. The molecule has 0 aliphatic heterocycles. The van der Waals surface area contributed by atoms with Gasteiger partial charge >= 0.3 is 5.69 Å². The SMILES string of the molecule is C#CCCNC(=O)c1cccc([N+](=O)[O-])c1O. The zero-order valence-corrected chi connectivity index (χ0v) is 8.84. The van der Waals surface area contributed by atoms with Crippen molar-refractivity contribution in [3.8, 4) is 18.1 Å². The van der Waals surface area contributed by atoms with Crippen LogP contribution in [0.1, 0.15) is 16.8 Å². The van der Waals surface area contributed by atoms with E-state index in [9.17, 15) is 20.0 Å². The molecule has 0 aromatic heterocycles. The molecule has 1 amide bonds. The van der Waals surface area contributed by atoms with Crippen LogP contribution in [0.2, 0.25) is 0 Å². The third-order valence-corrected chi connectivity index (χ3v) is 2.01. The second kappa shape index (κ2) is 5.51. The number of nitro benzene ring substituents is 1. The smallest absolute Gasteiger partial charge is 0.311 e. The van der Waals surface area contributed by atoms with Crippen LogP contribution in [0.15, 0.2) is 18.2 Å². The number of nitrogens with one attached hydrogen (secondary N) is 1. The van der Waals surface area contributed by atoms with Gasteiger partial charge in [-0.1, -0.05) is 6.07 Å². The highest BCUT2D eigenvalue weighted by atomic mass is 16.6.